The Kier molecular flexibility index (Phi) is 4.08. The molecule has 2 aromatic carbocycles. The Morgan fingerprint density at radius 3 is 2.38 bits per heavy atom. The summed E-state index contributed by atoms with van der Waals surface area (Å²) in [7, 11) is 1.27. The molecule has 0 aliphatic heterocycles. The van der Waals surface area contributed by atoms with Crippen LogP contribution in [0.25, 0.3) is 11.1 Å². The molecule has 0 fully saturated rings. The summed E-state index contributed by atoms with van der Waals surface area (Å²) < 4.78 is 4.59. The quantitative estimate of drug-likeness (QED) is 0.373. The number of rotatable bonds is 4. The minimum absolute atomic E-state index is 0.00884. The average Bonchev–Trinajstić information content (AvgIpc) is 2.53. The predicted molar refractivity (Wildman–Crippen MR) is 75.3 cm³/mol. The lowest BCUT2D eigenvalue weighted by Gasteiger charge is -2.06. The molecular formula is C15H11NO5. The van der Waals surface area contributed by atoms with Crippen molar-refractivity contribution >= 4 is 17.9 Å². The van der Waals surface area contributed by atoms with E-state index in [-0.39, 0.29) is 11.3 Å². The van der Waals surface area contributed by atoms with Gasteiger partial charge in [0.1, 0.15) is 0 Å². The predicted octanol–water partition coefficient (Wildman–Crippen LogP) is 2.86. The molecule has 0 saturated heterocycles. The monoisotopic (exact) mass is 285 g/mol. The van der Waals surface area contributed by atoms with E-state index in [4.69, 9.17) is 0 Å². The molecule has 0 radical (unpaired) electrons. The molecule has 0 spiro atoms. The molecule has 0 aliphatic carbocycles. The second-order valence-electron chi connectivity index (χ2n) is 4.19. The molecule has 2 aromatic rings. The van der Waals surface area contributed by atoms with E-state index in [1.165, 1.54) is 25.3 Å². The van der Waals surface area contributed by atoms with Gasteiger partial charge in [-0.15, -0.1) is 0 Å². The lowest BCUT2D eigenvalue weighted by atomic mass is 9.99. The summed E-state index contributed by atoms with van der Waals surface area (Å²) >= 11 is 0. The maximum atomic E-state index is 11.4. The van der Waals surface area contributed by atoms with E-state index >= 15 is 0 Å². The lowest BCUT2D eigenvalue weighted by Crippen LogP contribution is -2.01. The van der Waals surface area contributed by atoms with Crippen molar-refractivity contribution in [1.29, 1.82) is 0 Å². The van der Waals surface area contributed by atoms with Gasteiger partial charge in [-0.25, -0.2) is 4.79 Å². The summed E-state index contributed by atoms with van der Waals surface area (Å²) in [5.41, 5.74) is 0.961. The number of nitrogens with zero attached hydrogens (tertiary/aromatic N) is 1. The summed E-state index contributed by atoms with van der Waals surface area (Å²) in [6, 6.07) is 10.7. The standard InChI is InChI=1S/C15H11NO5/c1-21-15(18)11-7-5-10(6-8-11)13-4-2-3-12(9-17)14(13)16(19)20/h2-9H,1H3. The lowest BCUT2D eigenvalue weighted by molar-refractivity contribution is -0.384. The highest BCUT2D eigenvalue weighted by molar-refractivity contribution is 5.92. The van der Waals surface area contributed by atoms with Crippen molar-refractivity contribution in [2.75, 3.05) is 7.11 Å². The van der Waals surface area contributed by atoms with Gasteiger partial charge in [-0.05, 0) is 29.8 Å². The second-order valence-corrected chi connectivity index (χ2v) is 4.19. The number of carbonyl (C=O) groups excluding carboxylic acids is 2. The van der Waals surface area contributed by atoms with Crippen LogP contribution >= 0.6 is 0 Å². The van der Waals surface area contributed by atoms with Crippen molar-refractivity contribution < 1.29 is 19.2 Å². The maximum absolute atomic E-state index is 11.4. The van der Waals surface area contributed by atoms with Crippen LogP contribution in [-0.2, 0) is 4.74 Å². The molecule has 2 rings (SSSR count). The molecule has 0 aliphatic rings. The van der Waals surface area contributed by atoms with Gasteiger partial charge in [0.25, 0.3) is 5.69 Å². The van der Waals surface area contributed by atoms with Gasteiger partial charge in [0, 0.05) is 0 Å². The van der Waals surface area contributed by atoms with Gasteiger partial charge < -0.3 is 4.74 Å². The topological polar surface area (TPSA) is 86.5 Å². The van der Waals surface area contributed by atoms with Crippen molar-refractivity contribution in [2.24, 2.45) is 0 Å². The third-order valence-electron chi connectivity index (χ3n) is 2.99. The van der Waals surface area contributed by atoms with Gasteiger partial charge in [0.05, 0.1) is 28.7 Å². The fourth-order valence-corrected chi connectivity index (χ4v) is 2.00. The number of benzene rings is 2. The van der Waals surface area contributed by atoms with Crippen LogP contribution < -0.4 is 0 Å². The van der Waals surface area contributed by atoms with Gasteiger partial charge in [0.15, 0.2) is 6.29 Å². The molecule has 0 amide bonds. The minimum Gasteiger partial charge on any atom is -0.465 e. The Balaban J connectivity index is 2.54. The van der Waals surface area contributed by atoms with Crippen molar-refractivity contribution in [3.05, 3.63) is 63.7 Å². The van der Waals surface area contributed by atoms with E-state index in [0.717, 1.165) is 0 Å². The molecule has 0 atom stereocenters. The number of hydrogen-bond acceptors (Lipinski definition) is 5. The summed E-state index contributed by atoms with van der Waals surface area (Å²) in [5.74, 6) is -0.488. The first-order chi connectivity index (χ1) is 10.1. The van der Waals surface area contributed by atoms with Crippen LogP contribution in [0.5, 0.6) is 0 Å². The zero-order chi connectivity index (χ0) is 15.4. The molecule has 0 heterocycles. The van der Waals surface area contributed by atoms with E-state index < -0.39 is 10.9 Å². The van der Waals surface area contributed by atoms with Crippen molar-refractivity contribution in [3.63, 3.8) is 0 Å². The maximum Gasteiger partial charge on any atom is 0.337 e. The third-order valence-corrected chi connectivity index (χ3v) is 2.99. The highest BCUT2D eigenvalue weighted by atomic mass is 16.6. The number of nitro groups is 1. The van der Waals surface area contributed by atoms with E-state index in [1.54, 1.807) is 24.3 Å². The number of nitro benzene ring substituents is 1. The fraction of sp³-hybridized carbons (Fsp3) is 0.0667. The summed E-state index contributed by atoms with van der Waals surface area (Å²) in [6.45, 7) is 0. The van der Waals surface area contributed by atoms with Gasteiger partial charge in [-0.2, -0.15) is 0 Å². The molecule has 0 aromatic heterocycles. The molecule has 6 nitrogen and oxygen atoms in total. The number of carbonyl (C=O) groups is 2. The number of hydrogen-bond donors (Lipinski definition) is 0. The fourth-order valence-electron chi connectivity index (χ4n) is 2.00. The Hall–Kier alpha value is -3.02. The molecule has 0 saturated carbocycles. The molecule has 0 bridgehead atoms. The first-order valence-corrected chi connectivity index (χ1v) is 6.00. The van der Waals surface area contributed by atoms with Crippen LogP contribution in [-0.4, -0.2) is 24.3 Å². The number of esters is 1. The molecular weight excluding hydrogens is 274 g/mol. The normalized spacial score (nSPS) is 9.95. The van der Waals surface area contributed by atoms with Crippen LogP contribution in [0.1, 0.15) is 20.7 Å². The Morgan fingerprint density at radius 1 is 1.19 bits per heavy atom. The number of aldehydes is 1. The Labute approximate surface area is 120 Å². The van der Waals surface area contributed by atoms with Gasteiger partial charge >= 0.3 is 5.97 Å². The number of ether oxygens (including phenoxy) is 1. The summed E-state index contributed by atoms with van der Waals surface area (Å²) in [5, 5.41) is 11.2. The first-order valence-electron chi connectivity index (χ1n) is 6.00. The van der Waals surface area contributed by atoms with Gasteiger partial charge in [-0.3, -0.25) is 14.9 Å². The van der Waals surface area contributed by atoms with Crippen molar-refractivity contribution in [3.8, 4) is 11.1 Å². The van der Waals surface area contributed by atoms with Gasteiger partial charge in [-0.1, -0.05) is 18.2 Å². The Bertz CT molecular complexity index is 707. The SMILES string of the molecule is COC(=O)c1ccc(-c2cccc(C=O)c2[N+](=O)[O-])cc1. The number of methoxy groups -OCH3 is 1. The van der Waals surface area contributed by atoms with E-state index in [2.05, 4.69) is 4.74 Å². The van der Waals surface area contributed by atoms with Crippen LogP contribution in [0.2, 0.25) is 0 Å². The Morgan fingerprint density at radius 2 is 1.86 bits per heavy atom. The summed E-state index contributed by atoms with van der Waals surface area (Å²) in [4.78, 5) is 32.9. The third kappa shape index (κ3) is 2.79. The van der Waals surface area contributed by atoms with Crippen LogP contribution in [0.3, 0.4) is 0 Å². The van der Waals surface area contributed by atoms with Gasteiger partial charge in [0.2, 0.25) is 0 Å². The van der Waals surface area contributed by atoms with E-state index in [9.17, 15) is 19.7 Å². The van der Waals surface area contributed by atoms with E-state index in [1.807, 2.05) is 0 Å². The van der Waals surface area contributed by atoms with Crippen molar-refractivity contribution in [1.82, 2.24) is 0 Å². The van der Waals surface area contributed by atoms with Crippen LogP contribution in [0, 0.1) is 10.1 Å². The second kappa shape index (κ2) is 5.96. The summed E-state index contributed by atoms with van der Waals surface area (Å²) in [6.07, 6.45) is 0.449. The smallest absolute Gasteiger partial charge is 0.337 e. The molecule has 0 N–H and O–H groups in total. The first kappa shape index (κ1) is 14.4. The highest BCUT2D eigenvalue weighted by Gasteiger charge is 2.20. The molecule has 6 heteroatoms. The largest absolute Gasteiger partial charge is 0.465 e. The van der Waals surface area contributed by atoms with Crippen molar-refractivity contribution in [2.45, 2.75) is 0 Å². The zero-order valence-electron chi connectivity index (χ0n) is 11.1. The molecule has 0 unspecified atom stereocenters. The van der Waals surface area contributed by atoms with E-state index in [0.29, 0.717) is 23.0 Å². The number of para-hydroxylation sites is 1. The highest BCUT2D eigenvalue weighted by Crippen LogP contribution is 2.32. The minimum atomic E-state index is -0.590. The average molecular weight is 285 g/mol. The van der Waals surface area contributed by atoms with Crippen LogP contribution in [0.4, 0.5) is 5.69 Å². The molecule has 106 valence electrons. The molecule has 21 heavy (non-hydrogen) atoms. The zero-order valence-corrected chi connectivity index (χ0v) is 11.1. The van der Waals surface area contributed by atoms with Crippen LogP contribution in [0.15, 0.2) is 42.5 Å².